The van der Waals surface area contributed by atoms with Gasteiger partial charge >= 0.3 is 12.6 Å². The number of nitrogens with zero attached hydrogens (tertiary/aromatic N) is 4. The molecular formula is C27H19F3N4O4S. The van der Waals surface area contributed by atoms with Crippen molar-refractivity contribution in [1.82, 2.24) is 14.8 Å². The topological polar surface area (TPSA) is 97.6 Å². The molecule has 2 heterocycles. The summed E-state index contributed by atoms with van der Waals surface area (Å²) in [6.07, 6.45) is -0.308. The monoisotopic (exact) mass is 552 g/mol. The SMILES string of the molecule is O=C(O)Cc1csc(N(C(=O)c2nn(Cc3ccc(OC(F)F)cc3)c3ccc(F)cc23)c2ccccc2)n1. The molecule has 5 rings (SSSR count). The minimum absolute atomic E-state index is 0.00114. The van der Waals surface area contributed by atoms with Crippen molar-refractivity contribution in [2.75, 3.05) is 4.90 Å². The van der Waals surface area contributed by atoms with Gasteiger partial charge in [0.15, 0.2) is 10.8 Å². The molecule has 5 aromatic rings. The van der Waals surface area contributed by atoms with Crippen molar-refractivity contribution in [2.24, 2.45) is 0 Å². The van der Waals surface area contributed by atoms with Crippen LogP contribution < -0.4 is 9.64 Å². The second-order valence-electron chi connectivity index (χ2n) is 8.36. The minimum Gasteiger partial charge on any atom is -0.481 e. The molecule has 0 aliphatic rings. The van der Waals surface area contributed by atoms with Crippen LogP contribution in [0.4, 0.5) is 24.0 Å². The smallest absolute Gasteiger partial charge is 0.387 e. The van der Waals surface area contributed by atoms with Crippen molar-refractivity contribution >= 4 is 44.9 Å². The van der Waals surface area contributed by atoms with E-state index in [9.17, 15) is 22.8 Å². The molecule has 0 unspecified atom stereocenters. The number of para-hydroxylation sites is 1. The summed E-state index contributed by atoms with van der Waals surface area (Å²) in [6.45, 7) is -2.78. The Kier molecular flexibility index (Phi) is 7.28. The number of carbonyl (C=O) groups excluding carboxylic acids is 1. The highest BCUT2D eigenvalue weighted by molar-refractivity contribution is 7.14. The number of carboxylic acids is 1. The van der Waals surface area contributed by atoms with E-state index in [-0.39, 0.29) is 40.6 Å². The van der Waals surface area contributed by atoms with E-state index >= 15 is 0 Å². The fraction of sp³-hybridized carbons (Fsp3) is 0.111. The predicted molar refractivity (Wildman–Crippen MR) is 138 cm³/mol. The van der Waals surface area contributed by atoms with Gasteiger partial charge in [0.25, 0.3) is 5.91 Å². The highest BCUT2D eigenvalue weighted by Gasteiger charge is 2.28. The third-order valence-corrected chi connectivity index (χ3v) is 6.55. The number of fused-ring (bicyclic) bond motifs is 1. The second-order valence-corrected chi connectivity index (χ2v) is 9.19. The zero-order valence-electron chi connectivity index (χ0n) is 20.0. The van der Waals surface area contributed by atoms with Crippen LogP contribution in [0.5, 0.6) is 5.75 Å². The van der Waals surface area contributed by atoms with Gasteiger partial charge in [0, 0.05) is 10.8 Å². The molecule has 0 aliphatic carbocycles. The van der Waals surface area contributed by atoms with Crippen LogP contribution in [-0.4, -0.2) is 38.4 Å². The largest absolute Gasteiger partial charge is 0.481 e. The normalized spacial score (nSPS) is 11.2. The van der Waals surface area contributed by atoms with Gasteiger partial charge in [-0.2, -0.15) is 13.9 Å². The zero-order valence-corrected chi connectivity index (χ0v) is 20.8. The summed E-state index contributed by atoms with van der Waals surface area (Å²) in [7, 11) is 0. The maximum atomic E-state index is 14.3. The van der Waals surface area contributed by atoms with E-state index in [0.29, 0.717) is 16.8 Å². The average molecular weight is 553 g/mol. The summed E-state index contributed by atoms with van der Waals surface area (Å²) in [5, 5.41) is 15.7. The standard InChI is InChI=1S/C27H19F3N4O4S/c28-17-8-11-22-21(12-17)24(32-33(22)14-16-6-9-20(10-7-16)38-26(29)30)25(37)34(19-4-2-1-3-5-19)27-31-18(15-39-27)13-23(35)36/h1-12,15,26H,13-14H2,(H,35,36). The molecule has 0 saturated carbocycles. The van der Waals surface area contributed by atoms with Gasteiger partial charge in [-0.05, 0) is 48.0 Å². The molecule has 0 aliphatic heterocycles. The number of thiazole rings is 1. The van der Waals surface area contributed by atoms with Crippen LogP contribution >= 0.6 is 11.3 Å². The first kappa shape index (κ1) is 25.9. The number of hydrogen-bond acceptors (Lipinski definition) is 6. The fourth-order valence-electron chi connectivity index (χ4n) is 4.01. The first-order chi connectivity index (χ1) is 18.8. The Morgan fingerprint density at radius 3 is 2.49 bits per heavy atom. The number of carbonyl (C=O) groups is 2. The van der Waals surface area contributed by atoms with Crippen molar-refractivity contribution in [1.29, 1.82) is 0 Å². The van der Waals surface area contributed by atoms with Crippen molar-refractivity contribution < 1.29 is 32.6 Å². The van der Waals surface area contributed by atoms with Gasteiger partial charge in [0.1, 0.15) is 11.6 Å². The zero-order chi connectivity index (χ0) is 27.5. The lowest BCUT2D eigenvalue weighted by Gasteiger charge is -2.19. The minimum atomic E-state index is -2.94. The first-order valence-electron chi connectivity index (χ1n) is 11.5. The molecule has 2 aromatic heterocycles. The highest BCUT2D eigenvalue weighted by Crippen LogP contribution is 2.32. The molecule has 1 amide bonds. The van der Waals surface area contributed by atoms with Crippen LogP contribution in [0.15, 0.2) is 78.2 Å². The van der Waals surface area contributed by atoms with Gasteiger partial charge in [-0.15, -0.1) is 11.3 Å². The molecule has 8 nitrogen and oxygen atoms in total. The molecule has 3 aromatic carbocycles. The number of alkyl halides is 2. The molecule has 0 saturated heterocycles. The van der Waals surface area contributed by atoms with Gasteiger partial charge in [-0.25, -0.2) is 9.37 Å². The quantitative estimate of drug-likeness (QED) is 0.245. The van der Waals surface area contributed by atoms with Crippen molar-refractivity contribution in [2.45, 2.75) is 19.6 Å². The molecule has 0 atom stereocenters. The van der Waals surface area contributed by atoms with Gasteiger partial charge in [-0.3, -0.25) is 19.2 Å². The number of ether oxygens (including phenoxy) is 1. The number of rotatable bonds is 9. The van der Waals surface area contributed by atoms with Gasteiger partial charge in [0.05, 0.1) is 29.9 Å². The Labute approximate surface area is 223 Å². The molecule has 39 heavy (non-hydrogen) atoms. The third kappa shape index (κ3) is 5.75. The Bertz CT molecular complexity index is 1640. The van der Waals surface area contributed by atoms with E-state index < -0.39 is 24.3 Å². The Hall–Kier alpha value is -4.71. The molecule has 198 valence electrons. The fourth-order valence-corrected chi connectivity index (χ4v) is 4.85. The lowest BCUT2D eigenvalue weighted by Crippen LogP contribution is -2.26. The molecule has 0 radical (unpaired) electrons. The Morgan fingerprint density at radius 1 is 1.05 bits per heavy atom. The van der Waals surface area contributed by atoms with E-state index in [0.717, 1.165) is 11.3 Å². The Morgan fingerprint density at radius 2 is 1.79 bits per heavy atom. The van der Waals surface area contributed by atoms with Crippen LogP contribution in [0.25, 0.3) is 10.9 Å². The van der Waals surface area contributed by atoms with Crippen LogP contribution in [0.2, 0.25) is 0 Å². The van der Waals surface area contributed by atoms with E-state index in [1.165, 1.54) is 39.9 Å². The number of hydrogen-bond donors (Lipinski definition) is 1. The lowest BCUT2D eigenvalue weighted by molar-refractivity contribution is -0.136. The van der Waals surface area contributed by atoms with Crippen LogP contribution in [0.3, 0.4) is 0 Å². The van der Waals surface area contributed by atoms with Crippen LogP contribution in [-0.2, 0) is 17.8 Å². The van der Waals surface area contributed by atoms with E-state index in [2.05, 4.69) is 14.8 Å². The number of aromatic nitrogens is 3. The summed E-state index contributed by atoms with van der Waals surface area (Å²) >= 11 is 1.10. The number of benzene rings is 3. The van der Waals surface area contributed by atoms with E-state index in [1.54, 1.807) is 47.8 Å². The number of amides is 1. The number of aliphatic carboxylic acids is 1. The Balaban J connectivity index is 1.55. The summed E-state index contributed by atoms with van der Waals surface area (Å²) in [4.78, 5) is 30.8. The van der Waals surface area contributed by atoms with E-state index in [1.807, 2.05) is 0 Å². The average Bonchev–Trinajstić information content (AvgIpc) is 3.49. The molecule has 1 N–H and O–H groups in total. The highest BCUT2D eigenvalue weighted by atomic mass is 32.1. The predicted octanol–water partition coefficient (Wildman–Crippen LogP) is 5.89. The van der Waals surface area contributed by atoms with E-state index in [4.69, 9.17) is 5.11 Å². The summed E-state index contributed by atoms with van der Waals surface area (Å²) in [5.41, 5.74) is 1.87. The summed E-state index contributed by atoms with van der Waals surface area (Å²) in [6, 6.07) is 18.6. The van der Waals surface area contributed by atoms with Crippen LogP contribution in [0, 0.1) is 5.82 Å². The van der Waals surface area contributed by atoms with Crippen molar-refractivity contribution in [3.8, 4) is 5.75 Å². The lowest BCUT2D eigenvalue weighted by atomic mass is 10.1. The van der Waals surface area contributed by atoms with Crippen molar-refractivity contribution in [3.05, 3.63) is 101 Å². The number of anilines is 2. The molecule has 0 bridgehead atoms. The van der Waals surface area contributed by atoms with Gasteiger partial charge in [-0.1, -0.05) is 30.3 Å². The number of carboxylic acid groups (broad SMARTS) is 1. The van der Waals surface area contributed by atoms with Gasteiger partial charge in [0.2, 0.25) is 0 Å². The maximum absolute atomic E-state index is 14.3. The molecule has 12 heteroatoms. The summed E-state index contributed by atoms with van der Waals surface area (Å²) < 4.78 is 45.2. The molecule has 0 spiro atoms. The third-order valence-electron chi connectivity index (χ3n) is 5.68. The van der Waals surface area contributed by atoms with Crippen molar-refractivity contribution in [3.63, 3.8) is 0 Å². The van der Waals surface area contributed by atoms with Gasteiger partial charge < -0.3 is 9.84 Å². The maximum Gasteiger partial charge on any atom is 0.387 e. The number of halogens is 3. The molecular weight excluding hydrogens is 533 g/mol. The van der Waals surface area contributed by atoms with Crippen LogP contribution in [0.1, 0.15) is 21.7 Å². The molecule has 0 fully saturated rings. The summed E-state index contributed by atoms with van der Waals surface area (Å²) in [5.74, 6) is -2.21. The first-order valence-corrected chi connectivity index (χ1v) is 12.4. The second kappa shape index (κ2) is 11.0.